The molecular weight excluding hydrogens is 192 g/mol. The lowest BCUT2D eigenvalue weighted by Gasteiger charge is -2.09. The van der Waals surface area contributed by atoms with Gasteiger partial charge < -0.3 is 16.0 Å². The second-order valence-corrected chi connectivity index (χ2v) is 3.81. The van der Waals surface area contributed by atoms with Crippen LogP contribution >= 0.6 is 0 Å². The van der Waals surface area contributed by atoms with Gasteiger partial charge in [-0.1, -0.05) is 31.1 Å². The van der Waals surface area contributed by atoms with Crippen molar-refractivity contribution >= 4 is 5.84 Å². The number of aromatic hydroxyl groups is 1. The predicted octanol–water partition coefficient (Wildman–Crippen LogP) is 1.80. The number of oxime groups is 1. The Balaban J connectivity index is 3.00. The van der Waals surface area contributed by atoms with Gasteiger partial charge in [0.2, 0.25) is 0 Å². The zero-order valence-corrected chi connectivity index (χ0v) is 8.94. The second-order valence-electron chi connectivity index (χ2n) is 3.81. The Labute approximate surface area is 89.0 Å². The molecule has 0 spiro atoms. The van der Waals surface area contributed by atoms with Gasteiger partial charge >= 0.3 is 0 Å². The number of nitrogens with zero attached hydrogens (tertiary/aromatic N) is 1. The van der Waals surface area contributed by atoms with E-state index in [1.54, 1.807) is 6.07 Å². The van der Waals surface area contributed by atoms with Gasteiger partial charge in [0.05, 0.1) is 0 Å². The summed E-state index contributed by atoms with van der Waals surface area (Å²) in [6.07, 6.45) is 0.253. The van der Waals surface area contributed by atoms with Crippen molar-refractivity contribution in [2.75, 3.05) is 0 Å². The van der Waals surface area contributed by atoms with Crippen LogP contribution in [0.5, 0.6) is 5.75 Å². The normalized spacial score (nSPS) is 12.1. The number of hydrogen-bond acceptors (Lipinski definition) is 3. The Morgan fingerprint density at radius 3 is 2.67 bits per heavy atom. The van der Waals surface area contributed by atoms with E-state index in [-0.39, 0.29) is 18.0 Å². The molecule has 0 fully saturated rings. The molecule has 4 nitrogen and oxygen atoms in total. The molecule has 1 rings (SSSR count). The van der Waals surface area contributed by atoms with Crippen LogP contribution in [0.3, 0.4) is 0 Å². The minimum atomic E-state index is 0.0891. The minimum Gasteiger partial charge on any atom is -0.508 e. The van der Waals surface area contributed by atoms with Crippen LogP contribution in [0.2, 0.25) is 0 Å². The molecule has 0 saturated heterocycles. The molecule has 15 heavy (non-hydrogen) atoms. The lowest BCUT2D eigenvalue weighted by atomic mass is 9.99. The summed E-state index contributed by atoms with van der Waals surface area (Å²) in [5.74, 6) is 0.647. The highest BCUT2D eigenvalue weighted by atomic mass is 16.4. The average Bonchev–Trinajstić information content (AvgIpc) is 2.20. The molecule has 0 aromatic heterocycles. The monoisotopic (exact) mass is 208 g/mol. The SMILES string of the molecule is CC(C)c1ccc(O)c(C/C(N)=N/O)c1. The fraction of sp³-hybridized carbons (Fsp3) is 0.364. The highest BCUT2D eigenvalue weighted by Crippen LogP contribution is 2.23. The zero-order chi connectivity index (χ0) is 11.4. The maximum Gasteiger partial charge on any atom is 0.143 e. The van der Waals surface area contributed by atoms with Crippen LogP contribution in [0, 0.1) is 0 Å². The van der Waals surface area contributed by atoms with Crippen molar-refractivity contribution in [3.63, 3.8) is 0 Å². The van der Waals surface area contributed by atoms with E-state index in [1.165, 1.54) is 0 Å². The third-order valence-electron chi connectivity index (χ3n) is 2.27. The van der Waals surface area contributed by atoms with Crippen molar-refractivity contribution in [2.45, 2.75) is 26.2 Å². The average molecular weight is 208 g/mol. The molecule has 0 amide bonds. The highest BCUT2D eigenvalue weighted by Gasteiger charge is 2.07. The van der Waals surface area contributed by atoms with E-state index in [0.29, 0.717) is 11.5 Å². The van der Waals surface area contributed by atoms with Gasteiger partial charge in [0, 0.05) is 12.0 Å². The topological polar surface area (TPSA) is 78.8 Å². The summed E-state index contributed by atoms with van der Waals surface area (Å²) in [5, 5.41) is 20.9. The molecule has 1 aromatic carbocycles. The van der Waals surface area contributed by atoms with E-state index < -0.39 is 0 Å². The summed E-state index contributed by atoms with van der Waals surface area (Å²) in [7, 11) is 0. The van der Waals surface area contributed by atoms with Gasteiger partial charge in [-0.05, 0) is 17.5 Å². The summed E-state index contributed by atoms with van der Waals surface area (Å²) >= 11 is 0. The van der Waals surface area contributed by atoms with Crippen LogP contribution in [0.1, 0.15) is 30.9 Å². The lowest BCUT2D eigenvalue weighted by Crippen LogP contribution is -2.14. The van der Waals surface area contributed by atoms with Crippen LogP contribution in [-0.2, 0) is 6.42 Å². The summed E-state index contributed by atoms with van der Waals surface area (Å²) in [5.41, 5.74) is 7.19. The summed E-state index contributed by atoms with van der Waals surface area (Å²) in [4.78, 5) is 0. The van der Waals surface area contributed by atoms with Crippen LogP contribution < -0.4 is 5.73 Å². The van der Waals surface area contributed by atoms with E-state index in [0.717, 1.165) is 5.56 Å². The number of rotatable bonds is 3. The van der Waals surface area contributed by atoms with Gasteiger partial charge in [-0.2, -0.15) is 0 Å². The maximum atomic E-state index is 9.57. The Kier molecular flexibility index (Phi) is 3.55. The summed E-state index contributed by atoms with van der Waals surface area (Å²) in [6.45, 7) is 4.14. The standard InChI is InChI=1S/C11H16N2O2/c1-7(2)8-3-4-10(14)9(5-8)6-11(12)13-15/h3-5,7,14-15H,6H2,1-2H3,(H2,12,13). The molecule has 82 valence electrons. The number of phenols is 1. The van der Waals surface area contributed by atoms with E-state index in [4.69, 9.17) is 10.9 Å². The van der Waals surface area contributed by atoms with Crippen molar-refractivity contribution in [3.8, 4) is 5.75 Å². The molecule has 0 atom stereocenters. The fourth-order valence-electron chi connectivity index (χ4n) is 1.34. The lowest BCUT2D eigenvalue weighted by molar-refractivity contribution is 0.317. The Hall–Kier alpha value is -1.71. The van der Waals surface area contributed by atoms with Crippen LogP contribution in [0.4, 0.5) is 0 Å². The molecule has 0 aliphatic carbocycles. The second kappa shape index (κ2) is 4.68. The minimum absolute atomic E-state index is 0.0891. The van der Waals surface area contributed by atoms with Crippen LogP contribution in [-0.4, -0.2) is 16.1 Å². The van der Waals surface area contributed by atoms with Crippen molar-refractivity contribution < 1.29 is 10.3 Å². The Morgan fingerprint density at radius 2 is 2.13 bits per heavy atom. The molecule has 0 radical (unpaired) electrons. The molecule has 0 aliphatic heterocycles. The van der Waals surface area contributed by atoms with Crippen LogP contribution in [0.15, 0.2) is 23.4 Å². The maximum absolute atomic E-state index is 9.57. The smallest absolute Gasteiger partial charge is 0.143 e. The molecule has 0 bridgehead atoms. The van der Waals surface area contributed by atoms with Gasteiger partial charge in [-0.3, -0.25) is 0 Å². The Bertz CT molecular complexity index is 373. The van der Waals surface area contributed by atoms with E-state index in [9.17, 15) is 5.11 Å². The number of amidine groups is 1. The third kappa shape index (κ3) is 2.87. The van der Waals surface area contributed by atoms with Gasteiger partial charge in [-0.25, -0.2) is 0 Å². The quantitative estimate of drug-likeness (QED) is 0.307. The van der Waals surface area contributed by atoms with Crippen molar-refractivity contribution in [1.82, 2.24) is 0 Å². The molecule has 0 unspecified atom stereocenters. The largest absolute Gasteiger partial charge is 0.508 e. The van der Waals surface area contributed by atoms with Gasteiger partial charge in [0.25, 0.3) is 0 Å². The van der Waals surface area contributed by atoms with E-state index >= 15 is 0 Å². The molecular formula is C11H16N2O2. The Morgan fingerprint density at radius 1 is 1.47 bits per heavy atom. The highest BCUT2D eigenvalue weighted by molar-refractivity contribution is 5.82. The fourth-order valence-corrected chi connectivity index (χ4v) is 1.34. The molecule has 0 saturated carbocycles. The van der Waals surface area contributed by atoms with Crippen molar-refractivity contribution in [2.24, 2.45) is 10.9 Å². The molecule has 4 N–H and O–H groups in total. The first-order valence-electron chi connectivity index (χ1n) is 4.82. The van der Waals surface area contributed by atoms with Gasteiger partial charge in [0.1, 0.15) is 11.6 Å². The van der Waals surface area contributed by atoms with Crippen LogP contribution in [0.25, 0.3) is 0 Å². The first-order valence-corrected chi connectivity index (χ1v) is 4.82. The van der Waals surface area contributed by atoms with Crippen molar-refractivity contribution in [3.05, 3.63) is 29.3 Å². The molecule has 0 heterocycles. The summed E-state index contributed by atoms with van der Waals surface area (Å²) < 4.78 is 0. The number of phenolic OH excluding ortho intramolecular Hbond substituents is 1. The number of nitrogens with two attached hydrogens (primary N) is 1. The molecule has 0 aliphatic rings. The predicted molar refractivity (Wildman–Crippen MR) is 59.3 cm³/mol. The molecule has 4 heteroatoms. The first-order chi connectivity index (χ1) is 7.04. The van der Waals surface area contributed by atoms with E-state index in [1.807, 2.05) is 12.1 Å². The number of benzene rings is 1. The third-order valence-corrected chi connectivity index (χ3v) is 2.27. The van der Waals surface area contributed by atoms with Crippen molar-refractivity contribution in [1.29, 1.82) is 0 Å². The zero-order valence-electron chi connectivity index (χ0n) is 8.94. The van der Waals surface area contributed by atoms with Gasteiger partial charge in [0.15, 0.2) is 0 Å². The molecule has 1 aromatic rings. The summed E-state index contributed by atoms with van der Waals surface area (Å²) in [6, 6.07) is 5.38. The van der Waals surface area contributed by atoms with E-state index in [2.05, 4.69) is 19.0 Å². The van der Waals surface area contributed by atoms with Gasteiger partial charge in [-0.15, -0.1) is 0 Å². The number of hydrogen-bond donors (Lipinski definition) is 3. The first kappa shape index (κ1) is 11.4.